The number of hydrogen-bond donors (Lipinski definition) is 1. The van der Waals surface area contributed by atoms with Gasteiger partial charge >= 0.3 is 6.03 Å². The van der Waals surface area contributed by atoms with E-state index in [2.05, 4.69) is 59.3 Å². The zero-order chi connectivity index (χ0) is 21.2. The molecule has 2 aliphatic rings. The lowest BCUT2D eigenvalue weighted by Gasteiger charge is -2.35. The Hall–Kier alpha value is -2.82. The molecule has 2 fully saturated rings. The molecule has 0 radical (unpaired) electrons. The number of fused-ring (bicyclic) bond motifs is 1. The van der Waals surface area contributed by atoms with E-state index in [9.17, 15) is 4.79 Å². The number of rotatable bonds is 3. The maximum absolute atomic E-state index is 12.8. The summed E-state index contributed by atoms with van der Waals surface area (Å²) in [6.07, 6.45) is 7.95. The standard InChI is InChI=1S/C26H32N4O/c1-19-12-13-24-23(18-19)28-25(20-8-4-2-5-9-20)30(24)22-14-16-29(17-15-22)26(31)27-21-10-6-3-7-11-21/h2,4-5,8-9,12-13,18,21-22H,3,6-7,10-11,14-17H2,1H3,(H,27,31). The highest BCUT2D eigenvalue weighted by atomic mass is 16.2. The smallest absolute Gasteiger partial charge is 0.317 e. The summed E-state index contributed by atoms with van der Waals surface area (Å²) in [7, 11) is 0. The fourth-order valence-electron chi connectivity index (χ4n) is 5.21. The van der Waals surface area contributed by atoms with Gasteiger partial charge in [0.15, 0.2) is 0 Å². The average molecular weight is 417 g/mol. The summed E-state index contributed by atoms with van der Waals surface area (Å²) >= 11 is 0. The number of aryl methyl sites for hydroxylation is 1. The number of likely N-dealkylation sites (tertiary alicyclic amines) is 1. The van der Waals surface area contributed by atoms with E-state index in [1.165, 1.54) is 30.3 Å². The molecule has 1 N–H and O–H groups in total. The summed E-state index contributed by atoms with van der Waals surface area (Å²) in [4.78, 5) is 19.8. The van der Waals surface area contributed by atoms with Crippen molar-refractivity contribution in [2.75, 3.05) is 13.1 Å². The highest BCUT2D eigenvalue weighted by molar-refractivity contribution is 5.81. The molecule has 0 spiro atoms. The fraction of sp³-hybridized carbons (Fsp3) is 0.462. The summed E-state index contributed by atoms with van der Waals surface area (Å²) in [5.74, 6) is 1.03. The van der Waals surface area contributed by atoms with Gasteiger partial charge in [0.25, 0.3) is 0 Å². The third-order valence-electron chi connectivity index (χ3n) is 6.93. The Labute approximate surface area is 184 Å². The van der Waals surface area contributed by atoms with E-state index in [4.69, 9.17) is 4.98 Å². The van der Waals surface area contributed by atoms with Gasteiger partial charge in [-0.15, -0.1) is 0 Å². The molecule has 5 rings (SSSR count). The molecule has 2 amide bonds. The molecule has 3 aromatic rings. The van der Waals surface area contributed by atoms with E-state index in [0.717, 1.165) is 55.7 Å². The number of amides is 2. The highest BCUT2D eigenvalue weighted by Gasteiger charge is 2.28. The lowest BCUT2D eigenvalue weighted by molar-refractivity contribution is 0.166. The normalized spacial score (nSPS) is 18.4. The molecule has 0 atom stereocenters. The van der Waals surface area contributed by atoms with Crippen LogP contribution in [0.1, 0.15) is 56.6 Å². The van der Waals surface area contributed by atoms with E-state index in [1.807, 2.05) is 11.0 Å². The molecule has 5 nitrogen and oxygen atoms in total. The van der Waals surface area contributed by atoms with Crippen LogP contribution in [0.2, 0.25) is 0 Å². The van der Waals surface area contributed by atoms with Crippen molar-refractivity contribution < 1.29 is 4.79 Å². The number of carbonyl (C=O) groups is 1. The second-order valence-electron chi connectivity index (χ2n) is 9.17. The van der Waals surface area contributed by atoms with Crippen LogP contribution in [0, 0.1) is 6.92 Å². The van der Waals surface area contributed by atoms with Gasteiger partial charge in [0.2, 0.25) is 0 Å². The summed E-state index contributed by atoms with van der Waals surface area (Å²) in [5.41, 5.74) is 4.62. The number of piperidine rings is 1. The Morgan fingerprint density at radius 1 is 0.968 bits per heavy atom. The summed E-state index contributed by atoms with van der Waals surface area (Å²) < 4.78 is 2.42. The average Bonchev–Trinajstić information content (AvgIpc) is 3.19. The van der Waals surface area contributed by atoms with Crippen LogP contribution >= 0.6 is 0 Å². The van der Waals surface area contributed by atoms with Crippen molar-refractivity contribution in [1.82, 2.24) is 19.8 Å². The van der Waals surface area contributed by atoms with Gasteiger partial charge in [-0.25, -0.2) is 9.78 Å². The zero-order valence-electron chi connectivity index (χ0n) is 18.4. The van der Waals surface area contributed by atoms with Crippen molar-refractivity contribution in [3.8, 4) is 11.4 Å². The quantitative estimate of drug-likeness (QED) is 0.596. The molecule has 162 valence electrons. The number of nitrogens with one attached hydrogen (secondary N) is 1. The maximum Gasteiger partial charge on any atom is 0.317 e. The van der Waals surface area contributed by atoms with Gasteiger partial charge in [-0.05, 0) is 50.3 Å². The van der Waals surface area contributed by atoms with Crippen LogP contribution in [0.25, 0.3) is 22.4 Å². The third kappa shape index (κ3) is 4.18. The van der Waals surface area contributed by atoms with E-state index in [1.54, 1.807) is 0 Å². The van der Waals surface area contributed by atoms with Gasteiger partial charge < -0.3 is 14.8 Å². The molecule has 31 heavy (non-hydrogen) atoms. The molecule has 1 saturated carbocycles. The Morgan fingerprint density at radius 2 is 1.71 bits per heavy atom. The van der Waals surface area contributed by atoms with Crippen LogP contribution in [0.4, 0.5) is 4.79 Å². The first-order valence-electron chi connectivity index (χ1n) is 11.8. The fourth-order valence-corrected chi connectivity index (χ4v) is 5.21. The molecule has 2 heterocycles. The van der Waals surface area contributed by atoms with Crippen molar-refractivity contribution in [3.63, 3.8) is 0 Å². The molecule has 1 saturated heterocycles. The minimum atomic E-state index is 0.125. The molecular formula is C26H32N4O. The van der Waals surface area contributed by atoms with Crippen molar-refractivity contribution in [1.29, 1.82) is 0 Å². The highest BCUT2D eigenvalue weighted by Crippen LogP contribution is 2.33. The first-order valence-corrected chi connectivity index (χ1v) is 11.8. The minimum Gasteiger partial charge on any atom is -0.335 e. The number of urea groups is 1. The van der Waals surface area contributed by atoms with Crippen LogP contribution in [0.5, 0.6) is 0 Å². The van der Waals surface area contributed by atoms with Gasteiger partial charge in [0, 0.05) is 30.7 Å². The van der Waals surface area contributed by atoms with E-state index < -0.39 is 0 Å². The Bertz CT molecular complexity index is 1040. The van der Waals surface area contributed by atoms with Crippen molar-refractivity contribution in [3.05, 3.63) is 54.1 Å². The largest absolute Gasteiger partial charge is 0.335 e. The summed E-state index contributed by atoms with van der Waals surface area (Å²) in [6.45, 7) is 3.70. The molecule has 0 unspecified atom stereocenters. The zero-order valence-corrected chi connectivity index (χ0v) is 18.4. The first-order chi connectivity index (χ1) is 15.2. The molecule has 0 bridgehead atoms. The molecule has 5 heteroatoms. The molecule has 2 aromatic carbocycles. The maximum atomic E-state index is 12.8. The number of aromatic nitrogens is 2. The van der Waals surface area contributed by atoms with Crippen LogP contribution in [-0.2, 0) is 0 Å². The Balaban J connectivity index is 1.36. The SMILES string of the molecule is Cc1ccc2c(c1)nc(-c1ccccc1)n2C1CCN(C(=O)NC2CCCCC2)CC1. The second kappa shape index (κ2) is 8.74. The predicted octanol–water partition coefficient (Wildman–Crippen LogP) is 5.69. The van der Waals surface area contributed by atoms with Crippen LogP contribution in [0.3, 0.4) is 0 Å². The molecule has 1 aliphatic heterocycles. The number of carbonyl (C=O) groups excluding carboxylic acids is 1. The number of benzene rings is 2. The molecule has 1 aliphatic carbocycles. The summed E-state index contributed by atoms with van der Waals surface area (Å²) in [6, 6.07) is 17.8. The van der Waals surface area contributed by atoms with Gasteiger partial charge in [-0.2, -0.15) is 0 Å². The van der Waals surface area contributed by atoms with Crippen molar-refractivity contribution in [2.45, 2.75) is 64.0 Å². The van der Waals surface area contributed by atoms with E-state index in [0.29, 0.717) is 12.1 Å². The van der Waals surface area contributed by atoms with Gasteiger partial charge in [0.1, 0.15) is 5.82 Å². The molecular weight excluding hydrogens is 384 g/mol. The van der Waals surface area contributed by atoms with Crippen LogP contribution in [-0.4, -0.2) is 39.6 Å². The van der Waals surface area contributed by atoms with Gasteiger partial charge in [-0.1, -0.05) is 55.7 Å². The van der Waals surface area contributed by atoms with Crippen molar-refractivity contribution >= 4 is 17.1 Å². The van der Waals surface area contributed by atoms with E-state index >= 15 is 0 Å². The third-order valence-corrected chi connectivity index (χ3v) is 6.93. The van der Waals surface area contributed by atoms with Crippen molar-refractivity contribution in [2.24, 2.45) is 0 Å². The van der Waals surface area contributed by atoms with E-state index in [-0.39, 0.29) is 6.03 Å². The van der Waals surface area contributed by atoms with Crippen LogP contribution in [0.15, 0.2) is 48.5 Å². The topological polar surface area (TPSA) is 50.2 Å². The van der Waals surface area contributed by atoms with Gasteiger partial charge in [0.05, 0.1) is 11.0 Å². The predicted molar refractivity (Wildman–Crippen MR) is 125 cm³/mol. The van der Waals surface area contributed by atoms with Gasteiger partial charge in [-0.3, -0.25) is 0 Å². The monoisotopic (exact) mass is 416 g/mol. The number of imidazole rings is 1. The number of hydrogen-bond acceptors (Lipinski definition) is 2. The molecule has 1 aromatic heterocycles. The minimum absolute atomic E-state index is 0.125. The lowest BCUT2D eigenvalue weighted by Crippen LogP contribution is -2.48. The summed E-state index contributed by atoms with van der Waals surface area (Å²) in [5, 5.41) is 3.28. The second-order valence-corrected chi connectivity index (χ2v) is 9.17. The first kappa shape index (κ1) is 20.1. The number of nitrogens with zero attached hydrogens (tertiary/aromatic N) is 3. The Kier molecular flexibility index (Phi) is 5.66. The van der Waals surface area contributed by atoms with Crippen LogP contribution < -0.4 is 5.32 Å². The Morgan fingerprint density at radius 3 is 2.45 bits per heavy atom. The lowest BCUT2D eigenvalue weighted by atomic mass is 9.95.